The van der Waals surface area contributed by atoms with E-state index < -0.39 is 17.7 Å². The zero-order valence-electron chi connectivity index (χ0n) is 9.87. The van der Waals surface area contributed by atoms with Gasteiger partial charge in [0.2, 0.25) is 0 Å². The molecule has 0 saturated carbocycles. The molecule has 0 fully saturated rings. The zero-order valence-corrected chi connectivity index (χ0v) is 9.87. The number of nitriles is 1. The molecule has 1 atom stereocenters. The molecule has 0 heterocycles. The van der Waals surface area contributed by atoms with E-state index in [9.17, 15) is 8.78 Å². The van der Waals surface area contributed by atoms with Gasteiger partial charge in [0.05, 0.1) is 11.6 Å². The summed E-state index contributed by atoms with van der Waals surface area (Å²) >= 11 is 0. The fourth-order valence-corrected chi connectivity index (χ4v) is 1.43. The molecular formula is C12H15F2N3. The Morgan fingerprint density at radius 2 is 1.94 bits per heavy atom. The van der Waals surface area contributed by atoms with E-state index in [-0.39, 0.29) is 5.56 Å². The predicted molar refractivity (Wildman–Crippen MR) is 61.3 cm³/mol. The van der Waals surface area contributed by atoms with Crippen LogP contribution in [0.5, 0.6) is 0 Å². The van der Waals surface area contributed by atoms with Crippen LogP contribution in [-0.2, 0) is 0 Å². The first-order valence-corrected chi connectivity index (χ1v) is 5.28. The first-order valence-electron chi connectivity index (χ1n) is 5.28. The Morgan fingerprint density at radius 3 is 2.41 bits per heavy atom. The first-order chi connectivity index (χ1) is 8.06. The van der Waals surface area contributed by atoms with Gasteiger partial charge in [-0.2, -0.15) is 5.26 Å². The summed E-state index contributed by atoms with van der Waals surface area (Å²) in [6.07, 6.45) is 0. The lowest BCUT2D eigenvalue weighted by Crippen LogP contribution is -2.30. The van der Waals surface area contributed by atoms with Crippen LogP contribution in [-0.4, -0.2) is 32.1 Å². The van der Waals surface area contributed by atoms with Gasteiger partial charge in [-0.05, 0) is 26.2 Å². The van der Waals surface area contributed by atoms with E-state index in [1.807, 2.05) is 25.1 Å². The molecule has 0 spiro atoms. The second-order valence-electron chi connectivity index (χ2n) is 3.95. The first kappa shape index (κ1) is 13.6. The SMILES string of the molecule is CN(C)CCNC(C#N)c1c(F)cccc1F. The summed E-state index contributed by atoms with van der Waals surface area (Å²) in [5, 5.41) is 11.8. The highest BCUT2D eigenvalue weighted by Gasteiger charge is 2.18. The van der Waals surface area contributed by atoms with Crippen LogP contribution >= 0.6 is 0 Å². The van der Waals surface area contributed by atoms with Crippen molar-refractivity contribution in [3.8, 4) is 6.07 Å². The van der Waals surface area contributed by atoms with E-state index in [1.165, 1.54) is 6.07 Å². The van der Waals surface area contributed by atoms with Crippen molar-refractivity contribution in [2.24, 2.45) is 0 Å². The summed E-state index contributed by atoms with van der Waals surface area (Å²) in [4.78, 5) is 1.92. The third-order valence-corrected chi connectivity index (χ3v) is 2.32. The van der Waals surface area contributed by atoms with Gasteiger partial charge < -0.3 is 4.90 Å². The van der Waals surface area contributed by atoms with Gasteiger partial charge in [0.25, 0.3) is 0 Å². The molecule has 1 rings (SSSR count). The molecular weight excluding hydrogens is 224 g/mol. The predicted octanol–water partition coefficient (Wildman–Crippen LogP) is 1.68. The van der Waals surface area contributed by atoms with Gasteiger partial charge in [-0.15, -0.1) is 0 Å². The monoisotopic (exact) mass is 239 g/mol. The summed E-state index contributed by atoms with van der Waals surface area (Å²) in [6.45, 7) is 1.17. The lowest BCUT2D eigenvalue weighted by atomic mass is 10.1. The van der Waals surface area contributed by atoms with Crippen LogP contribution < -0.4 is 5.32 Å². The summed E-state index contributed by atoms with van der Waals surface area (Å²) in [5.41, 5.74) is -0.214. The Labute approximate surface area is 99.7 Å². The van der Waals surface area contributed by atoms with Crippen LogP contribution in [0.3, 0.4) is 0 Å². The summed E-state index contributed by atoms with van der Waals surface area (Å²) in [7, 11) is 3.76. The van der Waals surface area contributed by atoms with Crippen LogP contribution in [0.15, 0.2) is 18.2 Å². The summed E-state index contributed by atoms with van der Waals surface area (Å²) in [5.74, 6) is -1.40. The Kier molecular flexibility index (Phi) is 5.01. The van der Waals surface area contributed by atoms with Gasteiger partial charge >= 0.3 is 0 Å². The van der Waals surface area contributed by atoms with E-state index >= 15 is 0 Å². The molecule has 1 aromatic carbocycles. The van der Waals surface area contributed by atoms with Gasteiger partial charge in [0.1, 0.15) is 17.7 Å². The van der Waals surface area contributed by atoms with Crippen molar-refractivity contribution in [1.29, 1.82) is 5.26 Å². The minimum absolute atomic E-state index is 0.214. The lowest BCUT2D eigenvalue weighted by Gasteiger charge is -2.15. The Morgan fingerprint density at radius 1 is 1.35 bits per heavy atom. The number of nitrogens with zero attached hydrogens (tertiary/aromatic N) is 2. The van der Waals surface area contributed by atoms with E-state index in [0.29, 0.717) is 13.1 Å². The molecule has 0 aliphatic carbocycles. The smallest absolute Gasteiger partial charge is 0.131 e. The van der Waals surface area contributed by atoms with Crippen molar-refractivity contribution in [3.05, 3.63) is 35.4 Å². The van der Waals surface area contributed by atoms with E-state index in [2.05, 4.69) is 5.32 Å². The van der Waals surface area contributed by atoms with Crippen LogP contribution in [0, 0.1) is 23.0 Å². The average molecular weight is 239 g/mol. The van der Waals surface area contributed by atoms with Gasteiger partial charge in [0.15, 0.2) is 0 Å². The van der Waals surface area contributed by atoms with E-state index in [4.69, 9.17) is 5.26 Å². The molecule has 5 heteroatoms. The fourth-order valence-electron chi connectivity index (χ4n) is 1.43. The molecule has 1 aromatic rings. The Balaban J connectivity index is 2.77. The van der Waals surface area contributed by atoms with Crippen LogP contribution in [0.25, 0.3) is 0 Å². The number of hydrogen-bond donors (Lipinski definition) is 1. The molecule has 92 valence electrons. The lowest BCUT2D eigenvalue weighted by molar-refractivity contribution is 0.391. The molecule has 0 aliphatic rings. The normalized spacial score (nSPS) is 12.5. The highest BCUT2D eigenvalue weighted by Crippen LogP contribution is 2.19. The second kappa shape index (κ2) is 6.28. The van der Waals surface area contributed by atoms with Crippen LogP contribution in [0.1, 0.15) is 11.6 Å². The molecule has 0 aromatic heterocycles. The maximum Gasteiger partial charge on any atom is 0.131 e. The van der Waals surface area contributed by atoms with Crippen molar-refractivity contribution in [2.45, 2.75) is 6.04 Å². The van der Waals surface area contributed by atoms with Crippen molar-refractivity contribution in [2.75, 3.05) is 27.2 Å². The van der Waals surface area contributed by atoms with E-state index in [0.717, 1.165) is 12.1 Å². The van der Waals surface area contributed by atoms with E-state index in [1.54, 1.807) is 0 Å². The third kappa shape index (κ3) is 3.77. The summed E-state index contributed by atoms with van der Waals surface area (Å²) in [6, 6.07) is 4.48. The molecule has 17 heavy (non-hydrogen) atoms. The Bertz CT molecular complexity index is 392. The molecule has 0 amide bonds. The quantitative estimate of drug-likeness (QED) is 0.849. The number of likely N-dealkylation sites (N-methyl/N-ethyl adjacent to an activating group) is 1. The van der Waals surface area contributed by atoms with Crippen molar-refractivity contribution < 1.29 is 8.78 Å². The van der Waals surface area contributed by atoms with Gasteiger partial charge in [0, 0.05) is 13.1 Å². The van der Waals surface area contributed by atoms with Crippen molar-refractivity contribution >= 4 is 0 Å². The average Bonchev–Trinajstić information content (AvgIpc) is 2.26. The Hall–Kier alpha value is -1.51. The molecule has 0 aliphatic heterocycles. The standard InChI is InChI=1S/C12H15F2N3/c1-17(2)7-6-16-11(8-15)12-9(13)4-3-5-10(12)14/h3-5,11,16H,6-7H2,1-2H3. The topological polar surface area (TPSA) is 39.1 Å². The van der Waals surface area contributed by atoms with Crippen molar-refractivity contribution in [3.63, 3.8) is 0 Å². The van der Waals surface area contributed by atoms with Crippen molar-refractivity contribution in [1.82, 2.24) is 10.2 Å². The molecule has 0 saturated heterocycles. The molecule has 3 nitrogen and oxygen atoms in total. The van der Waals surface area contributed by atoms with Gasteiger partial charge in [-0.3, -0.25) is 5.32 Å². The fraction of sp³-hybridized carbons (Fsp3) is 0.417. The minimum atomic E-state index is -0.962. The highest BCUT2D eigenvalue weighted by atomic mass is 19.1. The minimum Gasteiger partial charge on any atom is -0.308 e. The van der Waals surface area contributed by atoms with Gasteiger partial charge in [-0.25, -0.2) is 8.78 Å². The molecule has 1 unspecified atom stereocenters. The maximum atomic E-state index is 13.4. The van der Waals surface area contributed by atoms with Crippen LogP contribution in [0.2, 0.25) is 0 Å². The largest absolute Gasteiger partial charge is 0.308 e. The second-order valence-corrected chi connectivity index (χ2v) is 3.95. The number of nitrogens with one attached hydrogen (secondary N) is 1. The number of benzene rings is 1. The number of rotatable bonds is 5. The maximum absolute atomic E-state index is 13.4. The molecule has 0 bridgehead atoms. The highest BCUT2D eigenvalue weighted by molar-refractivity contribution is 5.27. The van der Waals surface area contributed by atoms with Crippen LogP contribution in [0.4, 0.5) is 8.78 Å². The van der Waals surface area contributed by atoms with Gasteiger partial charge in [-0.1, -0.05) is 6.07 Å². The number of hydrogen-bond acceptors (Lipinski definition) is 3. The molecule has 0 radical (unpaired) electrons. The number of halogens is 2. The molecule has 1 N–H and O–H groups in total. The summed E-state index contributed by atoms with van der Waals surface area (Å²) < 4.78 is 26.9. The third-order valence-electron chi connectivity index (χ3n) is 2.32. The zero-order chi connectivity index (χ0) is 12.8.